The summed E-state index contributed by atoms with van der Waals surface area (Å²) in [5.41, 5.74) is 1.90. The molecule has 1 N–H and O–H groups in total. The van der Waals surface area contributed by atoms with Crippen molar-refractivity contribution in [3.8, 4) is 5.75 Å². The predicted octanol–water partition coefficient (Wildman–Crippen LogP) is 4.54. The molecule has 0 spiro atoms. The minimum absolute atomic E-state index is 0.00697. The van der Waals surface area contributed by atoms with Crippen LogP contribution in [0.2, 0.25) is 5.02 Å². The molecule has 1 aliphatic heterocycles. The van der Waals surface area contributed by atoms with Gasteiger partial charge in [-0.25, -0.2) is 14.4 Å². The zero-order valence-corrected chi connectivity index (χ0v) is 18.8. The summed E-state index contributed by atoms with van der Waals surface area (Å²) in [6, 6.07) is 8.66. The van der Waals surface area contributed by atoms with Gasteiger partial charge in [-0.05, 0) is 50.2 Å². The van der Waals surface area contributed by atoms with Crippen LogP contribution in [0.25, 0.3) is 10.9 Å². The van der Waals surface area contributed by atoms with Gasteiger partial charge in [0.1, 0.15) is 24.6 Å². The second-order valence-electron chi connectivity index (χ2n) is 8.20. The molecule has 3 aromatic rings. The molecule has 2 aromatic carbocycles. The molecule has 1 amide bonds. The number of nitrogens with one attached hydrogen (secondary N) is 1. The molecule has 170 valence electrons. The van der Waals surface area contributed by atoms with E-state index in [9.17, 15) is 9.18 Å². The molecule has 33 heavy (non-hydrogen) atoms. The van der Waals surface area contributed by atoms with Gasteiger partial charge < -0.3 is 15.0 Å². The minimum atomic E-state index is -0.499. The van der Waals surface area contributed by atoms with E-state index in [0.29, 0.717) is 53.0 Å². The Balaban J connectivity index is 1.45. The van der Waals surface area contributed by atoms with Crippen LogP contribution in [0, 0.1) is 5.82 Å². The highest BCUT2D eigenvalue weighted by molar-refractivity contribution is 6.31. The van der Waals surface area contributed by atoms with Gasteiger partial charge >= 0.3 is 0 Å². The Kier molecular flexibility index (Phi) is 5.86. The third-order valence-corrected chi connectivity index (χ3v) is 6.15. The maximum absolute atomic E-state index is 13.6. The smallest absolute Gasteiger partial charge is 0.250 e. The number of fused-ring (bicyclic) bond motifs is 3. The highest BCUT2D eigenvalue weighted by Crippen LogP contribution is 2.41. The summed E-state index contributed by atoms with van der Waals surface area (Å²) in [4.78, 5) is 25.6. The summed E-state index contributed by atoms with van der Waals surface area (Å²) >= 11 is 5.92. The number of aromatic nitrogens is 2. The molecule has 7 nitrogen and oxygen atoms in total. The first kappa shape index (κ1) is 21.6. The SMILES string of the molecule is CN(C/C=C/C(=O)N1CCOc2c1ccc1ncnc(Nc3ccc(F)c(Cl)c3)c21)C1CC1. The van der Waals surface area contributed by atoms with Gasteiger partial charge in [-0.1, -0.05) is 17.7 Å². The lowest BCUT2D eigenvalue weighted by Crippen LogP contribution is -2.37. The lowest BCUT2D eigenvalue weighted by Gasteiger charge is -2.30. The molecule has 1 saturated carbocycles. The number of hydrogen-bond acceptors (Lipinski definition) is 6. The average molecular weight is 468 g/mol. The Morgan fingerprint density at radius 3 is 2.97 bits per heavy atom. The van der Waals surface area contributed by atoms with Crippen LogP contribution < -0.4 is 15.0 Å². The van der Waals surface area contributed by atoms with Gasteiger partial charge in [-0.2, -0.15) is 0 Å². The van der Waals surface area contributed by atoms with Crippen LogP contribution in [0.5, 0.6) is 5.75 Å². The van der Waals surface area contributed by atoms with E-state index in [1.807, 2.05) is 18.2 Å². The van der Waals surface area contributed by atoms with Crippen molar-refractivity contribution in [1.82, 2.24) is 14.9 Å². The Hall–Kier alpha value is -3.23. The van der Waals surface area contributed by atoms with Gasteiger partial charge in [0.25, 0.3) is 5.91 Å². The number of carbonyl (C=O) groups excluding carboxylic acids is 1. The molecule has 1 fully saturated rings. The van der Waals surface area contributed by atoms with E-state index >= 15 is 0 Å². The maximum atomic E-state index is 13.6. The summed E-state index contributed by atoms with van der Waals surface area (Å²) in [6.45, 7) is 1.54. The second kappa shape index (κ2) is 8.96. The van der Waals surface area contributed by atoms with E-state index in [-0.39, 0.29) is 10.9 Å². The van der Waals surface area contributed by atoms with Gasteiger partial charge in [0.2, 0.25) is 0 Å². The number of amides is 1. The van der Waals surface area contributed by atoms with Crippen molar-refractivity contribution in [2.45, 2.75) is 18.9 Å². The van der Waals surface area contributed by atoms with E-state index < -0.39 is 5.82 Å². The van der Waals surface area contributed by atoms with Crippen molar-refractivity contribution in [3.63, 3.8) is 0 Å². The van der Waals surface area contributed by atoms with Crippen LogP contribution in [0.15, 0.2) is 48.8 Å². The molecule has 0 saturated heterocycles. The Labute approximate surface area is 195 Å². The van der Waals surface area contributed by atoms with Gasteiger partial charge in [-0.3, -0.25) is 9.69 Å². The number of benzene rings is 2. The first-order valence-electron chi connectivity index (χ1n) is 10.8. The molecule has 1 aromatic heterocycles. The van der Waals surface area contributed by atoms with E-state index in [1.54, 1.807) is 17.0 Å². The fraction of sp³-hybridized carbons (Fsp3) is 0.292. The topological polar surface area (TPSA) is 70.6 Å². The molecule has 2 aliphatic rings. The first-order chi connectivity index (χ1) is 16.0. The van der Waals surface area contributed by atoms with Gasteiger partial charge in [0, 0.05) is 24.4 Å². The molecular weight excluding hydrogens is 445 g/mol. The van der Waals surface area contributed by atoms with E-state index in [2.05, 4.69) is 27.2 Å². The molecule has 5 rings (SSSR count). The summed E-state index contributed by atoms with van der Waals surface area (Å²) < 4.78 is 19.5. The zero-order valence-electron chi connectivity index (χ0n) is 18.1. The quantitative estimate of drug-likeness (QED) is 0.537. The summed E-state index contributed by atoms with van der Waals surface area (Å²) in [6.07, 6.45) is 7.42. The van der Waals surface area contributed by atoms with Crippen molar-refractivity contribution < 1.29 is 13.9 Å². The second-order valence-corrected chi connectivity index (χ2v) is 8.60. The fourth-order valence-electron chi connectivity index (χ4n) is 3.94. The lowest BCUT2D eigenvalue weighted by atomic mass is 10.1. The van der Waals surface area contributed by atoms with Gasteiger partial charge in [0.05, 0.1) is 28.2 Å². The van der Waals surface area contributed by atoms with Crippen molar-refractivity contribution >= 4 is 45.6 Å². The highest BCUT2D eigenvalue weighted by atomic mass is 35.5. The van der Waals surface area contributed by atoms with Crippen LogP contribution in [-0.4, -0.2) is 53.6 Å². The Morgan fingerprint density at radius 2 is 2.18 bits per heavy atom. The van der Waals surface area contributed by atoms with Gasteiger partial charge in [-0.15, -0.1) is 0 Å². The maximum Gasteiger partial charge on any atom is 0.250 e. The minimum Gasteiger partial charge on any atom is -0.489 e. The average Bonchev–Trinajstić information content (AvgIpc) is 3.66. The summed E-state index contributed by atoms with van der Waals surface area (Å²) in [5, 5.41) is 3.82. The van der Waals surface area contributed by atoms with Crippen LogP contribution in [0.4, 0.5) is 21.6 Å². The predicted molar refractivity (Wildman–Crippen MR) is 127 cm³/mol. The summed E-state index contributed by atoms with van der Waals surface area (Å²) in [7, 11) is 2.07. The molecule has 2 heterocycles. The molecule has 1 aliphatic carbocycles. The number of carbonyl (C=O) groups is 1. The van der Waals surface area contributed by atoms with E-state index in [0.717, 1.165) is 6.54 Å². The highest BCUT2D eigenvalue weighted by Gasteiger charge is 2.27. The van der Waals surface area contributed by atoms with Crippen molar-refractivity contribution in [2.75, 3.05) is 37.0 Å². The number of rotatable bonds is 6. The third-order valence-electron chi connectivity index (χ3n) is 5.86. The summed E-state index contributed by atoms with van der Waals surface area (Å²) in [5.74, 6) is 0.420. The van der Waals surface area contributed by atoms with E-state index in [4.69, 9.17) is 16.3 Å². The van der Waals surface area contributed by atoms with Crippen molar-refractivity contribution in [2.24, 2.45) is 0 Å². The molecule has 0 bridgehead atoms. The molecule has 0 unspecified atom stereocenters. The number of anilines is 3. The van der Waals surface area contributed by atoms with Gasteiger partial charge in [0.15, 0.2) is 5.75 Å². The largest absolute Gasteiger partial charge is 0.489 e. The monoisotopic (exact) mass is 467 g/mol. The normalized spacial score (nSPS) is 15.7. The van der Waals surface area contributed by atoms with Crippen molar-refractivity contribution in [3.05, 3.63) is 59.7 Å². The lowest BCUT2D eigenvalue weighted by molar-refractivity contribution is -0.114. The Morgan fingerprint density at radius 1 is 1.33 bits per heavy atom. The van der Waals surface area contributed by atoms with Crippen LogP contribution in [0.1, 0.15) is 12.8 Å². The first-order valence-corrected chi connectivity index (χ1v) is 11.2. The third kappa shape index (κ3) is 4.49. The van der Waals surface area contributed by atoms with Crippen LogP contribution in [-0.2, 0) is 4.79 Å². The number of nitrogens with zero attached hydrogens (tertiary/aromatic N) is 4. The molecule has 0 radical (unpaired) electrons. The Bertz CT molecular complexity index is 1250. The molecule has 9 heteroatoms. The van der Waals surface area contributed by atoms with Crippen molar-refractivity contribution in [1.29, 1.82) is 0 Å². The molecular formula is C24H23ClFN5O2. The standard InChI is InChI=1S/C24H23ClFN5O2/c1-30(16-5-6-16)10-2-3-21(32)31-11-12-33-23-20(31)9-8-19-22(23)24(28-14-27-19)29-15-4-7-18(26)17(25)13-15/h2-4,7-9,13-14,16H,5-6,10-12H2,1H3,(H,27,28,29)/b3-2+. The number of halogens is 2. The molecule has 0 atom stereocenters. The van der Waals surface area contributed by atoms with Crippen LogP contribution in [0.3, 0.4) is 0 Å². The number of ether oxygens (including phenoxy) is 1. The number of likely N-dealkylation sites (N-methyl/N-ethyl adjacent to an activating group) is 1. The fourth-order valence-corrected chi connectivity index (χ4v) is 4.12. The van der Waals surface area contributed by atoms with E-state index in [1.165, 1.54) is 31.3 Å². The number of hydrogen-bond donors (Lipinski definition) is 1. The zero-order chi connectivity index (χ0) is 22.9. The van der Waals surface area contributed by atoms with Crippen LogP contribution >= 0.6 is 11.6 Å².